The number of carbonyl (C=O) groups is 1. The summed E-state index contributed by atoms with van der Waals surface area (Å²) in [6.45, 7) is 4.21. The van der Waals surface area contributed by atoms with E-state index in [1.165, 1.54) is 22.2 Å². The maximum atomic E-state index is 11.3. The van der Waals surface area contributed by atoms with Crippen molar-refractivity contribution in [1.29, 1.82) is 0 Å². The SMILES string of the molecule is CC(C)c1ccc(-c2nc3ccc(C(=O)O)cn3c2N=O)cc1. The van der Waals surface area contributed by atoms with Gasteiger partial charge in [-0.2, -0.15) is 0 Å². The molecule has 0 unspecified atom stereocenters. The topological polar surface area (TPSA) is 84.0 Å². The van der Waals surface area contributed by atoms with Crippen molar-refractivity contribution in [1.82, 2.24) is 9.38 Å². The Kier molecular flexibility index (Phi) is 3.65. The fourth-order valence-corrected chi connectivity index (χ4v) is 2.47. The Morgan fingerprint density at radius 1 is 1.17 bits per heavy atom. The molecule has 3 aromatic rings. The van der Waals surface area contributed by atoms with Crippen LogP contribution in [0.1, 0.15) is 35.7 Å². The van der Waals surface area contributed by atoms with Crippen molar-refractivity contribution in [3.8, 4) is 11.3 Å². The van der Waals surface area contributed by atoms with Crippen molar-refractivity contribution in [2.24, 2.45) is 5.18 Å². The van der Waals surface area contributed by atoms with E-state index < -0.39 is 5.97 Å². The number of pyridine rings is 1. The van der Waals surface area contributed by atoms with E-state index in [9.17, 15) is 9.70 Å². The lowest BCUT2D eigenvalue weighted by Gasteiger charge is -2.05. The third-order valence-electron chi connectivity index (χ3n) is 3.78. The largest absolute Gasteiger partial charge is 0.478 e. The predicted octanol–water partition coefficient (Wildman–Crippen LogP) is 4.22. The molecule has 1 aromatic carbocycles. The molecule has 0 aliphatic rings. The maximum absolute atomic E-state index is 11.3. The zero-order chi connectivity index (χ0) is 16.6. The van der Waals surface area contributed by atoms with Gasteiger partial charge in [0, 0.05) is 11.8 Å². The second-order valence-corrected chi connectivity index (χ2v) is 5.60. The van der Waals surface area contributed by atoms with Gasteiger partial charge < -0.3 is 5.11 Å². The molecule has 0 spiro atoms. The highest BCUT2D eigenvalue weighted by atomic mass is 16.4. The minimum atomic E-state index is -1.07. The minimum absolute atomic E-state index is 0.0708. The fraction of sp³-hybridized carbons (Fsp3) is 0.176. The molecule has 23 heavy (non-hydrogen) atoms. The summed E-state index contributed by atoms with van der Waals surface area (Å²) in [5.41, 5.74) is 2.95. The van der Waals surface area contributed by atoms with Crippen LogP contribution < -0.4 is 0 Å². The predicted molar refractivity (Wildman–Crippen MR) is 87.1 cm³/mol. The molecular weight excluding hydrogens is 294 g/mol. The van der Waals surface area contributed by atoms with Crippen molar-refractivity contribution in [3.63, 3.8) is 0 Å². The van der Waals surface area contributed by atoms with Gasteiger partial charge in [0.15, 0.2) is 0 Å². The van der Waals surface area contributed by atoms with Gasteiger partial charge in [0.2, 0.25) is 5.82 Å². The van der Waals surface area contributed by atoms with Gasteiger partial charge in [-0.3, -0.25) is 4.40 Å². The molecule has 0 atom stereocenters. The standard InChI is InChI=1S/C17H15N3O3/c1-10(2)11-3-5-12(6-4-11)15-16(19-23)20-9-13(17(21)22)7-8-14(20)18-15/h3-10H,1-2H3,(H,21,22). The third kappa shape index (κ3) is 2.59. The fourth-order valence-electron chi connectivity index (χ4n) is 2.47. The van der Waals surface area contributed by atoms with Crippen LogP contribution in [0, 0.1) is 4.91 Å². The maximum Gasteiger partial charge on any atom is 0.337 e. The Bertz CT molecular complexity index is 895. The molecule has 0 radical (unpaired) electrons. The lowest BCUT2D eigenvalue weighted by atomic mass is 10.0. The van der Waals surface area contributed by atoms with E-state index >= 15 is 0 Å². The van der Waals surface area contributed by atoms with E-state index in [1.807, 2.05) is 24.3 Å². The number of nitrogens with zero attached hydrogens (tertiary/aromatic N) is 3. The lowest BCUT2D eigenvalue weighted by molar-refractivity contribution is 0.0696. The van der Waals surface area contributed by atoms with Crippen molar-refractivity contribution in [3.05, 3.63) is 58.6 Å². The molecule has 0 saturated heterocycles. The second kappa shape index (κ2) is 5.64. The Morgan fingerprint density at radius 2 is 1.87 bits per heavy atom. The molecule has 0 saturated carbocycles. The van der Waals surface area contributed by atoms with E-state index in [1.54, 1.807) is 6.07 Å². The first-order chi connectivity index (χ1) is 11.0. The molecule has 0 amide bonds. The Morgan fingerprint density at radius 3 is 2.43 bits per heavy atom. The van der Waals surface area contributed by atoms with Crippen molar-refractivity contribution in [2.75, 3.05) is 0 Å². The summed E-state index contributed by atoms with van der Waals surface area (Å²) in [6, 6.07) is 10.8. The normalized spacial score (nSPS) is 11.1. The average Bonchev–Trinajstić information content (AvgIpc) is 2.92. The smallest absolute Gasteiger partial charge is 0.337 e. The van der Waals surface area contributed by atoms with Crippen LogP contribution in [0.5, 0.6) is 0 Å². The summed E-state index contributed by atoms with van der Waals surface area (Å²) in [7, 11) is 0. The number of aromatic nitrogens is 2. The van der Waals surface area contributed by atoms with Crippen LogP contribution >= 0.6 is 0 Å². The number of benzene rings is 1. The van der Waals surface area contributed by atoms with E-state index in [0.29, 0.717) is 17.3 Å². The first-order valence-electron chi connectivity index (χ1n) is 7.20. The molecule has 0 aliphatic carbocycles. The van der Waals surface area contributed by atoms with Crippen molar-refractivity contribution >= 4 is 17.4 Å². The molecule has 6 nitrogen and oxygen atoms in total. The van der Waals surface area contributed by atoms with Crippen LogP contribution in [0.2, 0.25) is 0 Å². The van der Waals surface area contributed by atoms with Crippen LogP contribution in [0.15, 0.2) is 47.8 Å². The van der Waals surface area contributed by atoms with Gasteiger partial charge in [0.25, 0.3) is 0 Å². The number of aromatic carboxylic acids is 1. The minimum Gasteiger partial charge on any atom is -0.478 e. The summed E-state index contributed by atoms with van der Waals surface area (Å²) in [5.74, 6) is -0.562. The summed E-state index contributed by atoms with van der Waals surface area (Å²) in [5, 5.41) is 12.1. The molecule has 2 aromatic heterocycles. The van der Waals surface area contributed by atoms with Crippen LogP contribution in [0.4, 0.5) is 5.82 Å². The number of carboxylic acids is 1. The molecule has 3 rings (SSSR count). The molecule has 2 heterocycles. The first-order valence-corrected chi connectivity index (χ1v) is 7.20. The van der Waals surface area contributed by atoms with Crippen LogP contribution in [-0.2, 0) is 0 Å². The zero-order valence-electron chi connectivity index (χ0n) is 12.7. The number of carboxylic acid groups (broad SMARTS) is 1. The van der Waals surface area contributed by atoms with Gasteiger partial charge in [-0.25, -0.2) is 9.78 Å². The molecular formula is C17H15N3O3. The lowest BCUT2D eigenvalue weighted by Crippen LogP contribution is -1.98. The molecule has 0 bridgehead atoms. The van der Waals surface area contributed by atoms with Crippen LogP contribution in [0.25, 0.3) is 16.9 Å². The molecule has 1 N–H and O–H groups in total. The monoisotopic (exact) mass is 309 g/mol. The van der Waals surface area contributed by atoms with E-state index in [4.69, 9.17) is 5.11 Å². The Hall–Kier alpha value is -3.02. The zero-order valence-corrected chi connectivity index (χ0v) is 12.7. The second-order valence-electron chi connectivity index (χ2n) is 5.60. The van der Waals surface area contributed by atoms with Gasteiger partial charge in [-0.05, 0) is 28.8 Å². The third-order valence-corrected chi connectivity index (χ3v) is 3.78. The highest BCUT2D eigenvalue weighted by molar-refractivity contribution is 5.88. The van der Waals surface area contributed by atoms with E-state index in [-0.39, 0.29) is 11.4 Å². The van der Waals surface area contributed by atoms with Gasteiger partial charge >= 0.3 is 5.97 Å². The van der Waals surface area contributed by atoms with Gasteiger partial charge in [0.1, 0.15) is 11.3 Å². The van der Waals surface area contributed by atoms with Crippen LogP contribution in [-0.4, -0.2) is 20.5 Å². The first kappa shape index (κ1) is 14.9. The molecule has 6 heteroatoms. The summed E-state index contributed by atoms with van der Waals surface area (Å²) in [4.78, 5) is 26.8. The Labute approximate surface area is 132 Å². The van der Waals surface area contributed by atoms with E-state index in [0.717, 1.165) is 5.56 Å². The van der Waals surface area contributed by atoms with Gasteiger partial charge in [-0.1, -0.05) is 38.1 Å². The Balaban J connectivity index is 2.17. The summed E-state index contributed by atoms with van der Waals surface area (Å²) >= 11 is 0. The molecule has 0 fully saturated rings. The number of hydrogen-bond donors (Lipinski definition) is 1. The number of rotatable bonds is 4. The summed E-state index contributed by atoms with van der Waals surface area (Å²) < 4.78 is 1.40. The number of hydrogen-bond acceptors (Lipinski definition) is 4. The van der Waals surface area contributed by atoms with E-state index in [2.05, 4.69) is 24.0 Å². The molecule has 0 aliphatic heterocycles. The number of nitroso groups, excluding NO2 is 1. The average molecular weight is 309 g/mol. The van der Waals surface area contributed by atoms with Crippen molar-refractivity contribution < 1.29 is 9.90 Å². The summed E-state index contributed by atoms with van der Waals surface area (Å²) in [6.07, 6.45) is 1.35. The van der Waals surface area contributed by atoms with Crippen molar-refractivity contribution in [2.45, 2.75) is 19.8 Å². The van der Waals surface area contributed by atoms with Gasteiger partial charge in [-0.15, -0.1) is 4.91 Å². The van der Waals surface area contributed by atoms with Gasteiger partial charge in [0.05, 0.1) is 5.56 Å². The molecule has 116 valence electrons. The number of imidazole rings is 1. The van der Waals surface area contributed by atoms with Crippen LogP contribution in [0.3, 0.4) is 0 Å². The number of fused-ring (bicyclic) bond motifs is 1. The highest BCUT2D eigenvalue weighted by Crippen LogP contribution is 2.32. The highest BCUT2D eigenvalue weighted by Gasteiger charge is 2.16. The quantitative estimate of drug-likeness (QED) is 0.731.